The maximum absolute atomic E-state index is 11.5. The van der Waals surface area contributed by atoms with Gasteiger partial charge in [-0.3, -0.25) is 0 Å². The van der Waals surface area contributed by atoms with Crippen molar-refractivity contribution in [2.24, 2.45) is 0 Å². The van der Waals surface area contributed by atoms with Gasteiger partial charge in [0.25, 0.3) is 6.71 Å². The van der Waals surface area contributed by atoms with E-state index >= 15 is 0 Å². The maximum atomic E-state index is 11.5. The molecule has 0 spiro atoms. The summed E-state index contributed by atoms with van der Waals surface area (Å²) < 4.78 is 416. The lowest BCUT2D eigenvalue weighted by Gasteiger charge is -2.46. The van der Waals surface area contributed by atoms with Crippen LogP contribution in [0.3, 0.4) is 0 Å². The van der Waals surface area contributed by atoms with E-state index in [1.807, 2.05) is 0 Å². The molecule has 0 saturated heterocycles. The van der Waals surface area contributed by atoms with E-state index in [0.717, 1.165) is 14.0 Å². The van der Waals surface area contributed by atoms with Gasteiger partial charge in [-0.25, -0.2) is 0 Å². The highest BCUT2D eigenvalue weighted by atomic mass is 32.1. The van der Waals surface area contributed by atoms with Crippen molar-refractivity contribution in [2.45, 2.75) is 52.4 Å². The molecule has 414 valence electrons. The molecule has 0 fully saturated rings. The predicted molar refractivity (Wildman–Crippen MR) is 373 cm³/mol. The molecule has 5 nitrogen and oxygen atoms in total. The molecule has 3 aliphatic heterocycles. The second kappa shape index (κ2) is 18.2. The zero-order chi connectivity index (χ0) is 94.7. The van der Waals surface area contributed by atoms with E-state index in [4.69, 9.17) is 11.0 Å². The summed E-state index contributed by atoms with van der Waals surface area (Å²) >= 11 is 0.512. The van der Waals surface area contributed by atoms with Crippen molar-refractivity contribution in [1.29, 1.82) is 0 Å². The fourth-order valence-corrected chi connectivity index (χ4v) is 12.9. The zero-order valence-electron chi connectivity index (χ0n) is 88.2. The Morgan fingerprint density at radius 2 is 0.966 bits per heavy atom. The maximum Gasteiger partial charge on any atom is 0.252 e. The third kappa shape index (κ3) is 7.27. The van der Waals surface area contributed by atoms with E-state index in [0.29, 0.717) is 21.1 Å². The van der Waals surface area contributed by atoms with Crippen LogP contribution in [0.25, 0.3) is 86.3 Å². The van der Waals surface area contributed by atoms with Crippen LogP contribution in [0.15, 0.2) is 254 Å². The Hall–Kier alpha value is -10.1. The lowest BCUT2D eigenvalue weighted by molar-refractivity contribution is 0.590. The van der Waals surface area contributed by atoms with Crippen LogP contribution in [0.2, 0.25) is 0 Å². The first-order valence-electron chi connectivity index (χ1n) is 48.1. The molecular formula is C80H60BN5S. The number of hydrogen-bond acceptors (Lipinski definition) is 4. The third-order valence-electron chi connectivity index (χ3n) is 15.7. The molecule has 0 bridgehead atoms. The van der Waals surface area contributed by atoms with Crippen molar-refractivity contribution in [3.63, 3.8) is 0 Å². The van der Waals surface area contributed by atoms with Gasteiger partial charge in [0.15, 0.2) is 0 Å². The van der Waals surface area contributed by atoms with Crippen LogP contribution >= 0.6 is 11.3 Å². The Labute approximate surface area is 569 Å². The first-order valence-corrected chi connectivity index (χ1v) is 27.9. The topological polar surface area (TPSA) is 19.6 Å². The summed E-state index contributed by atoms with van der Waals surface area (Å²) in [5, 5.41) is -2.74. The number of aromatic nitrogens is 2. The molecular weight excluding hydrogens is 1070 g/mol. The van der Waals surface area contributed by atoms with Crippen molar-refractivity contribution in [3.8, 4) is 22.5 Å². The smallest absolute Gasteiger partial charge is 0.252 e. The Morgan fingerprint density at radius 1 is 0.391 bits per heavy atom. The molecule has 15 aromatic rings. The number of anilines is 9. The van der Waals surface area contributed by atoms with E-state index in [1.165, 1.54) is 0 Å². The molecule has 0 saturated carbocycles. The molecule has 0 atom stereocenters. The van der Waals surface area contributed by atoms with Crippen LogP contribution < -0.4 is 31.1 Å². The first kappa shape index (κ1) is 24.0. The second-order valence-corrected chi connectivity index (χ2v) is 23.9. The molecule has 0 N–H and O–H groups in total. The molecule has 0 aliphatic carbocycles. The van der Waals surface area contributed by atoms with Gasteiger partial charge in [0, 0.05) is 81.5 Å². The molecule has 6 heterocycles. The normalized spacial score (nSPS) is 20.1. The van der Waals surface area contributed by atoms with Gasteiger partial charge >= 0.3 is 0 Å². The van der Waals surface area contributed by atoms with E-state index in [2.05, 4.69) is 0 Å². The fourth-order valence-electron chi connectivity index (χ4n) is 11.9. The van der Waals surface area contributed by atoms with E-state index < -0.39 is 410 Å². The van der Waals surface area contributed by atoms with Gasteiger partial charge < -0.3 is 23.8 Å². The number of benzene rings is 12. The van der Waals surface area contributed by atoms with Gasteiger partial charge in [-0.2, -0.15) is 0 Å². The lowest BCUT2D eigenvalue weighted by Crippen LogP contribution is -2.61. The van der Waals surface area contributed by atoms with E-state index in [1.54, 1.807) is 41.5 Å². The van der Waals surface area contributed by atoms with Crippen LogP contribution in [0.1, 0.15) is 110 Å². The Balaban J connectivity index is 1.15. The molecule has 3 aliphatic rings. The minimum atomic E-state index is -2.46. The first-order chi connectivity index (χ1) is 60.0. The third-order valence-corrected chi connectivity index (χ3v) is 16.8. The standard InChI is InChI=1S/C80H60BN5S/c1-79(2,3)50-36-42-67-62(44-50)63-45-51(80(4,5)6)37-43-68(63)84(67)55-40-41-64-71(46-55)83(54-38-34-49(35-39-54)57-26-17-28-61-59-25-14-16-33-74(59)87-78(57)61)72-47-56(82(52-20-9-7-10-21-52)53-22-11-8-12-23-53)48-73-75(72)81(64)65-29-19-32-70-77(65)86(73)69-31-18-27-60-58-24-13-15-30-66(58)85(70)76(60)69/h7-48H,1-6H3/i7D,8D,9D,10D,11D,12D,13D,14D,15D,16D,17D,18D,19D,20D,21D,22D,23D,24D,25D,26D,27D,28D,29D,30D,31D,32D,33D,34D,35D,36D,37D,38D,39D,40D,41D,42D,43D,44D,45D,46D,47D,48D. The molecule has 3 aromatic heterocycles. The van der Waals surface area contributed by atoms with Crippen LogP contribution in [0.5, 0.6) is 0 Å². The SMILES string of the molecule is [2H]c1c([2H])c([2H])c(N(c2c([2H])c([2H])c([2H])c([2H])c2[2H])c2c([2H])c3c4c(c2[2H])N2c5c(c([2H])c([2H])c([2H])c5-n5c6c([2H])c([2H])c([2H])c([2H])c6c6c([2H])c([2H])c([2H])c2c65)B4c2c([2H])c([2H])c(-n4c5c([2H])c([2H])c(C(C)(C)C)c([2H])c5c5c([2H])c(C(C)(C)C)c([2H])c([2H])c54)c([2H])c2N3c2c([2H])c([2H])c(-c3c([2H])c([2H])c([2H])c4c3sc3c([2H])c([2H])c([2H])c([2H])c34)c([2H])c2[2H])c([2H])c1[2H]. The quantitative estimate of drug-likeness (QED) is 0.155. The van der Waals surface area contributed by atoms with Crippen molar-refractivity contribution in [3.05, 3.63) is 265 Å². The van der Waals surface area contributed by atoms with Crippen LogP contribution in [0.4, 0.5) is 51.2 Å². The Kier molecular flexibility index (Phi) is 5.03. The van der Waals surface area contributed by atoms with Crippen molar-refractivity contribution < 1.29 is 57.6 Å². The molecule has 0 radical (unpaired) electrons. The molecule has 7 heteroatoms. The summed E-state index contributed by atoms with van der Waals surface area (Å²) in [4.78, 5) is 1.68. The molecule has 87 heavy (non-hydrogen) atoms. The average Bonchev–Trinajstić information content (AvgIpc) is 1.63. The van der Waals surface area contributed by atoms with Gasteiger partial charge in [0.2, 0.25) is 0 Å². The number of hydrogen-bond donors (Lipinski definition) is 0. The number of fused-ring (bicyclic) bond motifs is 15. The van der Waals surface area contributed by atoms with Gasteiger partial charge in [-0.15, -0.1) is 11.3 Å². The highest BCUT2D eigenvalue weighted by Gasteiger charge is 2.47. The van der Waals surface area contributed by atoms with Gasteiger partial charge in [-0.05, 0) is 158 Å². The summed E-state index contributed by atoms with van der Waals surface area (Å²) in [7, 11) is 0. The van der Waals surface area contributed by atoms with Gasteiger partial charge in [0.05, 0.1) is 102 Å². The van der Waals surface area contributed by atoms with E-state index in [-0.39, 0.29) is 25.9 Å². The molecule has 0 amide bonds. The number of thiophene rings is 1. The van der Waals surface area contributed by atoms with Gasteiger partial charge in [-0.1, -0.05) is 187 Å². The number of para-hydroxylation sites is 5. The predicted octanol–water partition coefficient (Wildman–Crippen LogP) is 20.4. The van der Waals surface area contributed by atoms with Crippen molar-refractivity contribution >= 4 is 149 Å². The Morgan fingerprint density at radius 3 is 1.67 bits per heavy atom. The zero-order valence-corrected chi connectivity index (χ0v) is 47.0. The minimum absolute atomic E-state index is 0.117. The van der Waals surface area contributed by atoms with E-state index in [9.17, 15) is 46.6 Å². The van der Waals surface area contributed by atoms with Crippen LogP contribution in [-0.4, -0.2) is 15.8 Å². The highest BCUT2D eigenvalue weighted by Crippen LogP contribution is 2.54. The summed E-state index contributed by atoms with van der Waals surface area (Å²) in [6.45, 7) is 7.22. The fraction of sp³-hybridized carbons (Fsp3) is 0.100. The molecule has 0 unspecified atom stereocenters. The second-order valence-electron chi connectivity index (χ2n) is 22.8. The minimum Gasteiger partial charge on any atom is -0.311 e. The Bertz CT molecular complexity index is 7770. The summed E-state index contributed by atoms with van der Waals surface area (Å²) in [6, 6.07) is -44.4. The summed E-state index contributed by atoms with van der Waals surface area (Å²) in [5.74, 6) is 0. The van der Waals surface area contributed by atoms with Gasteiger partial charge in [0.1, 0.15) is 0 Å². The average molecular weight is 1180 g/mol. The highest BCUT2D eigenvalue weighted by molar-refractivity contribution is 7.26. The van der Waals surface area contributed by atoms with Crippen LogP contribution in [0, 0.1) is 0 Å². The lowest BCUT2D eigenvalue weighted by atomic mass is 9.33. The van der Waals surface area contributed by atoms with Crippen molar-refractivity contribution in [1.82, 2.24) is 9.13 Å². The summed E-state index contributed by atoms with van der Waals surface area (Å²) in [5.41, 5.74) is -21.1. The van der Waals surface area contributed by atoms with Crippen molar-refractivity contribution in [2.75, 3.05) is 14.7 Å². The molecule has 18 rings (SSSR count). The van der Waals surface area contributed by atoms with Crippen LogP contribution in [-0.2, 0) is 10.8 Å². The number of nitrogens with zero attached hydrogens (tertiary/aromatic N) is 5. The summed E-state index contributed by atoms with van der Waals surface area (Å²) in [6.07, 6.45) is 0. The number of rotatable bonds is 6. The monoisotopic (exact) mass is 1180 g/mol. The largest absolute Gasteiger partial charge is 0.311 e. The molecule has 12 aromatic carbocycles.